The average molecular weight is 397 g/mol. The van der Waals surface area contributed by atoms with E-state index in [1.54, 1.807) is 42.3 Å². The second-order valence-electron chi connectivity index (χ2n) is 6.73. The van der Waals surface area contributed by atoms with Gasteiger partial charge >= 0.3 is 0 Å². The number of piperazine rings is 1. The molecule has 3 heterocycles. The Morgan fingerprint density at radius 1 is 1.10 bits per heavy atom. The number of hydrogen-bond acceptors (Lipinski definition) is 5. The summed E-state index contributed by atoms with van der Waals surface area (Å²) >= 11 is 0. The number of aryl methyl sites for hydroxylation is 1. The monoisotopic (exact) mass is 397 g/mol. The van der Waals surface area contributed by atoms with Crippen LogP contribution in [-0.4, -0.2) is 52.7 Å². The van der Waals surface area contributed by atoms with Gasteiger partial charge in [-0.15, -0.1) is 0 Å². The molecule has 1 N–H and O–H groups in total. The van der Waals surface area contributed by atoms with Gasteiger partial charge in [0, 0.05) is 45.0 Å². The number of nitrogens with zero attached hydrogens (tertiary/aromatic N) is 4. The van der Waals surface area contributed by atoms with E-state index in [1.165, 1.54) is 23.1 Å². The minimum atomic E-state index is -0.412. The van der Waals surface area contributed by atoms with Crippen molar-refractivity contribution in [1.82, 2.24) is 14.7 Å². The van der Waals surface area contributed by atoms with Crippen molar-refractivity contribution in [3.8, 4) is 0 Å². The summed E-state index contributed by atoms with van der Waals surface area (Å²) in [5.74, 6) is -0.300. The molecule has 4 rings (SSSR count). The molecule has 0 spiro atoms. The lowest BCUT2D eigenvalue weighted by atomic mass is 10.2. The van der Waals surface area contributed by atoms with Crippen LogP contribution in [0.2, 0.25) is 0 Å². The third kappa shape index (κ3) is 3.98. The number of anilines is 2. The predicted molar refractivity (Wildman–Crippen MR) is 104 cm³/mol. The molecular formula is C20H20FN5O3. The molecule has 1 aliphatic heterocycles. The van der Waals surface area contributed by atoms with Crippen molar-refractivity contribution in [2.24, 2.45) is 7.05 Å². The normalized spacial score (nSPS) is 14.1. The first-order chi connectivity index (χ1) is 14.0. The van der Waals surface area contributed by atoms with E-state index in [0.29, 0.717) is 32.0 Å². The third-order valence-corrected chi connectivity index (χ3v) is 4.84. The largest absolute Gasteiger partial charge is 0.459 e. The summed E-state index contributed by atoms with van der Waals surface area (Å²) in [6.07, 6.45) is 1.42. The highest BCUT2D eigenvalue weighted by atomic mass is 19.1. The molecule has 0 bridgehead atoms. The Bertz CT molecular complexity index is 1010. The van der Waals surface area contributed by atoms with Crippen molar-refractivity contribution in [2.45, 2.75) is 0 Å². The van der Waals surface area contributed by atoms with E-state index in [0.717, 1.165) is 5.69 Å². The van der Waals surface area contributed by atoms with Crippen molar-refractivity contribution in [3.63, 3.8) is 0 Å². The first kappa shape index (κ1) is 18.7. The Morgan fingerprint density at radius 2 is 1.83 bits per heavy atom. The minimum absolute atomic E-state index is 0.177. The van der Waals surface area contributed by atoms with E-state index in [1.807, 2.05) is 0 Å². The van der Waals surface area contributed by atoms with Crippen LogP contribution in [0.4, 0.5) is 15.9 Å². The Balaban J connectivity index is 1.39. The van der Waals surface area contributed by atoms with Crippen LogP contribution in [0.15, 0.2) is 53.1 Å². The van der Waals surface area contributed by atoms with Crippen LogP contribution in [0, 0.1) is 5.82 Å². The molecule has 0 radical (unpaired) electrons. The summed E-state index contributed by atoms with van der Waals surface area (Å²) in [6.45, 7) is 2.35. The molecule has 29 heavy (non-hydrogen) atoms. The SMILES string of the molecule is Cn1nc(C(=O)N2CCN(c3ccc(F)cc3)CC2)cc1NC(=O)c1ccco1. The molecule has 1 fully saturated rings. The molecule has 0 saturated carbocycles. The van der Waals surface area contributed by atoms with Gasteiger partial charge in [-0.2, -0.15) is 5.10 Å². The van der Waals surface area contributed by atoms with Crippen LogP contribution in [0.1, 0.15) is 21.0 Å². The second kappa shape index (κ2) is 7.78. The molecular weight excluding hydrogens is 377 g/mol. The van der Waals surface area contributed by atoms with E-state index in [-0.39, 0.29) is 23.2 Å². The number of furan rings is 1. The number of carbonyl (C=O) groups excluding carboxylic acids is 2. The summed E-state index contributed by atoms with van der Waals surface area (Å²) in [7, 11) is 1.65. The van der Waals surface area contributed by atoms with Crippen molar-refractivity contribution in [2.75, 3.05) is 36.4 Å². The summed E-state index contributed by atoms with van der Waals surface area (Å²) in [4.78, 5) is 28.8. The Morgan fingerprint density at radius 3 is 2.48 bits per heavy atom. The molecule has 9 heteroatoms. The highest BCUT2D eigenvalue weighted by molar-refractivity contribution is 6.02. The molecule has 3 aromatic rings. The van der Waals surface area contributed by atoms with Gasteiger partial charge in [0.1, 0.15) is 11.6 Å². The van der Waals surface area contributed by atoms with E-state index in [4.69, 9.17) is 4.42 Å². The topological polar surface area (TPSA) is 83.6 Å². The molecule has 2 amide bonds. The smallest absolute Gasteiger partial charge is 0.292 e. The summed E-state index contributed by atoms with van der Waals surface area (Å²) in [5, 5.41) is 6.91. The van der Waals surface area contributed by atoms with Crippen LogP contribution >= 0.6 is 0 Å². The molecule has 0 aliphatic carbocycles. The zero-order valence-corrected chi connectivity index (χ0v) is 15.8. The van der Waals surface area contributed by atoms with Gasteiger partial charge in [-0.1, -0.05) is 0 Å². The van der Waals surface area contributed by atoms with Gasteiger partial charge in [0.15, 0.2) is 11.5 Å². The Labute approximate surface area is 166 Å². The fourth-order valence-corrected chi connectivity index (χ4v) is 3.26. The van der Waals surface area contributed by atoms with Gasteiger partial charge in [-0.3, -0.25) is 14.3 Å². The molecule has 8 nitrogen and oxygen atoms in total. The van der Waals surface area contributed by atoms with Gasteiger partial charge < -0.3 is 19.5 Å². The summed E-state index contributed by atoms with van der Waals surface area (Å²) in [5.41, 5.74) is 1.19. The standard InChI is InChI=1S/C20H20FN5O3/c1-24-18(22-19(27)17-3-2-12-29-17)13-16(23-24)20(28)26-10-8-25(9-11-26)15-6-4-14(21)5-7-15/h2-7,12-13H,8-11H2,1H3,(H,22,27). The average Bonchev–Trinajstić information content (AvgIpc) is 3.39. The van der Waals surface area contributed by atoms with Gasteiger partial charge in [-0.05, 0) is 36.4 Å². The highest BCUT2D eigenvalue weighted by Gasteiger charge is 2.25. The van der Waals surface area contributed by atoms with Crippen LogP contribution in [0.3, 0.4) is 0 Å². The Hall–Kier alpha value is -3.62. The van der Waals surface area contributed by atoms with Crippen LogP contribution in [0.5, 0.6) is 0 Å². The van der Waals surface area contributed by atoms with Crippen LogP contribution < -0.4 is 10.2 Å². The quantitative estimate of drug-likeness (QED) is 0.731. The van der Waals surface area contributed by atoms with E-state index >= 15 is 0 Å². The third-order valence-electron chi connectivity index (χ3n) is 4.84. The van der Waals surface area contributed by atoms with Gasteiger partial charge in [0.2, 0.25) is 0 Å². The van der Waals surface area contributed by atoms with Crippen molar-refractivity contribution in [1.29, 1.82) is 0 Å². The number of hydrogen-bond donors (Lipinski definition) is 1. The maximum atomic E-state index is 13.1. The molecule has 0 unspecified atom stereocenters. The second-order valence-corrected chi connectivity index (χ2v) is 6.73. The fraction of sp³-hybridized carbons (Fsp3) is 0.250. The number of amides is 2. The van der Waals surface area contributed by atoms with Gasteiger partial charge in [-0.25, -0.2) is 4.39 Å². The zero-order chi connectivity index (χ0) is 20.4. The van der Waals surface area contributed by atoms with Gasteiger partial charge in [0.05, 0.1) is 6.26 Å². The summed E-state index contributed by atoms with van der Waals surface area (Å²) < 4.78 is 19.6. The van der Waals surface area contributed by atoms with E-state index < -0.39 is 5.91 Å². The molecule has 150 valence electrons. The minimum Gasteiger partial charge on any atom is -0.459 e. The lowest BCUT2D eigenvalue weighted by Crippen LogP contribution is -2.48. The Kier molecular flexibility index (Phi) is 5.03. The van der Waals surface area contributed by atoms with E-state index in [9.17, 15) is 14.0 Å². The van der Waals surface area contributed by atoms with Crippen molar-refractivity contribution < 1.29 is 18.4 Å². The van der Waals surface area contributed by atoms with Crippen LogP contribution in [-0.2, 0) is 7.05 Å². The molecule has 1 aliphatic rings. The summed E-state index contributed by atoms with van der Waals surface area (Å²) in [6, 6.07) is 11.1. The van der Waals surface area contributed by atoms with Crippen molar-refractivity contribution in [3.05, 3.63) is 66.0 Å². The number of nitrogens with one attached hydrogen (secondary N) is 1. The fourth-order valence-electron chi connectivity index (χ4n) is 3.26. The van der Waals surface area contributed by atoms with Crippen LogP contribution in [0.25, 0.3) is 0 Å². The molecule has 1 saturated heterocycles. The molecule has 2 aromatic heterocycles. The molecule has 0 atom stereocenters. The molecule has 1 aromatic carbocycles. The zero-order valence-electron chi connectivity index (χ0n) is 15.8. The first-order valence-corrected chi connectivity index (χ1v) is 9.20. The predicted octanol–water partition coefficient (Wildman–Crippen LogP) is 2.37. The van der Waals surface area contributed by atoms with E-state index in [2.05, 4.69) is 15.3 Å². The number of halogens is 1. The lowest BCUT2D eigenvalue weighted by Gasteiger charge is -2.35. The highest BCUT2D eigenvalue weighted by Crippen LogP contribution is 2.19. The van der Waals surface area contributed by atoms with Gasteiger partial charge in [0.25, 0.3) is 11.8 Å². The maximum absolute atomic E-state index is 13.1. The maximum Gasteiger partial charge on any atom is 0.292 e. The number of benzene rings is 1. The number of rotatable bonds is 4. The number of carbonyl (C=O) groups is 2. The first-order valence-electron chi connectivity index (χ1n) is 9.20. The number of aromatic nitrogens is 2. The van der Waals surface area contributed by atoms with Crippen molar-refractivity contribution >= 4 is 23.3 Å². The lowest BCUT2D eigenvalue weighted by molar-refractivity contribution is 0.0740.